The quantitative estimate of drug-likeness (QED) is 0.834. The first-order valence-electron chi connectivity index (χ1n) is 6.27. The molecule has 0 heterocycles. The maximum Gasteiger partial charge on any atom is 0.573 e. The van der Waals surface area contributed by atoms with Gasteiger partial charge in [0.15, 0.2) is 11.6 Å². The molecule has 1 fully saturated rings. The van der Waals surface area contributed by atoms with Crippen LogP contribution in [0.4, 0.5) is 30.7 Å². The molecule has 0 spiro atoms. The first-order valence-corrected chi connectivity index (χ1v) is 6.27. The van der Waals surface area contributed by atoms with Crippen LogP contribution in [0.15, 0.2) is 18.2 Å². The van der Waals surface area contributed by atoms with Gasteiger partial charge in [-0.1, -0.05) is 6.07 Å². The fourth-order valence-electron chi connectivity index (χ4n) is 2.37. The first kappa shape index (κ1) is 16.9. The Labute approximate surface area is 120 Å². The molecule has 2 nitrogen and oxygen atoms in total. The summed E-state index contributed by atoms with van der Waals surface area (Å²) < 4.78 is 89.9. The predicted molar refractivity (Wildman–Crippen MR) is 60.3 cm³/mol. The second kappa shape index (κ2) is 5.60. The van der Waals surface area contributed by atoms with E-state index in [1.165, 1.54) is 0 Å². The maximum atomic E-state index is 13.5. The molecule has 22 heavy (non-hydrogen) atoms. The second-order valence-electron chi connectivity index (χ2n) is 5.15. The minimum absolute atomic E-state index is 0.0855. The number of ether oxygens (including phenoxy) is 1. The van der Waals surface area contributed by atoms with E-state index in [9.17, 15) is 35.8 Å². The molecule has 1 aromatic rings. The number of rotatable bonds is 3. The van der Waals surface area contributed by atoms with Crippen molar-refractivity contribution in [3.8, 4) is 5.75 Å². The van der Waals surface area contributed by atoms with Gasteiger partial charge in [-0.3, -0.25) is 0 Å². The van der Waals surface area contributed by atoms with Crippen molar-refractivity contribution in [1.29, 1.82) is 0 Å². The van der Waals surface area contributed by atoms with Crippen molar-refractivity contribution in [3.05, 3.63) is 29.6 Å². The normalized spacial score (nSPS) is 23.8. The van der Waals surface area contributed by atoms with Gasteiger partial charge in [0.25, 0.3) is 0 Å². The highest BCUT2D eigenvalue weighted by Gasteiger charge is 2.49. The smallest absolute Gasteiger partial charge is 0.403 e. The van der Waals surface area contributed by atoms with Crippen LogP contribution in [0.2, 0.25) is 0 Å². The summed E-state index contributed by atoms with van der Waals surface area (Å²) >= 11 is 0. The summed E-state index contributed by atoms with van der Waals surface area (Å²) in [4.78, 5) is 0. The molecule has 1 aliphatic carbocycles. The van der Waals surface area contributed by atoms with E-state index >= 15 is 0 Å². The molecule has 1 aromatic carbocycles. The third-order valence-electron chi connectivity index (χ3n) is 3.61. The summed E-state index contributed by atoms with van der Waals surface area (Å²) in [5.41, 5.74) is -0.0855. The number of benzene rings is 1. The van der Waals surface area contributed by atoms with Crippen LogP contribution in [0.1, 0.15) is 24.5 Å². The zero-order chi connectivity index (χ0) is 16.7. The molecular weight excluding hydrogens is 321 g/mol. The third-order valence-corrected chi connectivity index (χ3v) is 3.61. The number of aliphatic hydroxyl groups is 1. The van der Waals surface area contributed by atoms with E-state index in [1.54, 1.807) is 0 Å². The van der Waals surface area contributed by atoms with E-state index in [4.69, 9.17) is 0 Å². The molecule has 0 amide bonds. The lowest BCUT2D eigenvalue weighted by atomic mass is 9.70. The fraction of sp³-hybridized carbons (Fsp3) is 0.538. The van der Waals surface area contributed by atoms with Crippen LogP contribution >= 0.6 is 0 Å². The molecule has 1 saturated carbocycles. The topological polar surface area (TPSA) is 29.5 Å². The van der Waals surface area contributed by atoms with Gasteiger partial charge >= 0.3 is 12.5 Å². The molecule has 1 aliphatic rings. The lowest BCUT2D eigenvalue weighted by molar-refractivity contribution is -0.275. The largest absolute Gasteiger partial charge is 0.573 e. The van der Waals surface area contributed by atoms with Gasteiger partial charge in [-0.2, -0.15) is 13.2 Å². The van der Waals surface area contributed by atoms with Gasteiger partial charge in [0.1, 0.15) is 0 Å². The lowest BCUT2D eigenvalue weighted by Crippen LogP contribution is -2.38. The molecule has 1 N–H and O–H groups in total. The SMILES string of the molecule is OC(c1ccc(OC(F)(F)F)c(F)c1)C1CC(C(F)(F)F)C1. The van der Waals surface area contributed by atoms with Crippen LogP contribution in [0.5, 0.6) is 5.75 Å². The molecule has 9 heteroatoms. The van der Waals surface area contributed by atoms with Gasteiger partial charge in [0, 0.05) is 0 Å². The van der Waals surface area contributed by atoms with Crippen LogP contribution in [-0.4, -0.2) is 17.6 Å². The van der Waals surface area contributed by atoms with Crippen LogP contribution in [0.25, 0.3) is 0 Å². The van der Waals surface area contributed by atoms with Crippen LogP contribution < -0.4 is 4.74 Å². The molecule has 0 aliphatic heterocycles. The minimum Gasteiger partial charge on any atom is -0.403 e. The number of halogens is 7. The van der Waals surface area contributed by atoms with Gasteiger partial charge < -0.3 is 9.84 Å². The van der Waals surface area contributed by atoms with Crippen molar-refractivity contribution in [2.24, 2.45) is 11.8 Å². The van der Waals surface area contributed by atoms with Crippen molar-refractivity contribution < 1.29 is 40.6 Å². The molecule has 0 saturated heterocycles. The molecule has 0 aromatic heterocycles. The molecule has 0 bridgehead atoms. The monoisotopic (exact) mass is 332 g/mol. The summed E-state index contributed by atoms with van der Waals surface area (Å²) in [7, 11) is 0. The first-order chi connectivity index (χ1) is 9.97. The molecule has 0 radical (unpaired) electrons. The maximum absolute atomic E-state index is 13.5. The van der Waals surface area contributed by atoms with Crippen molar-refractivity contribution in [2.75, 3.05) is 0 Å². The van der Waals surface area contributed by atoms with Gasteiger partial charge in [0.05, 0.1) is 12.0 Å². The van der Waals surface area contributed by atoms with Gasteiger partial charge in [0.2, 0.25) is 0 Å². The average molecular weight is 332 g/mol. The zero-order valence-electron chi connectivity index (χ0n) is 10.9. The van der Waals surface area contributed by atoms with Gasteiger partial charge in [-0.05, 0) is 36.5 Å². The van der Waals surface area contributed by atoms with Crippen LogP contribution in [-0.2, 0) is 0 Å². The van der Waals surface area contributed by atoms with Crippen molar-refractivity contribution in [1.82, 2.24) is 0 Å². The number of alkyl halides is 6. The van der Waals surface area contributed by atoms with Crippen LogP contribution in [0.3, 0.4) is 0 Å². The highest BCUT2D eigenvalue weighted by Crippen LogP contribution is 2.49. The van der Waals surface area contributed by atoms with E-state index in [0.717, 1.165) is 6.07 Å². The number of hydrogen-bond donors (Lipinski definition) is 1. The Bertz CT molecular complexity index is 532. The summed E-state index contributed by atoms with van der Waals surface area (Å²) in [6, 6.07) is 2.31. The Kier molecular flexibility index (Phi) is 4.29. The highest BCUT2D eigenvalue weighted by molar-refractivity contribution is 5.31. The number of aliphatic hydroxyl groups excluding tert-OH is 1. The summed E-state index contributed by atoms with van der Waals surface area (Å²) in [6.45, 7) is 0. The minimum atomic E-state index is -5.06. The van der Waals surface area contributed by atoms with Crippen molar-refractivity contribution in [3.63, 3.8) is 0 Å². The average Bonchev–Trinajstić information content (AvgIpc) is 2.26. The van der Waals surface area contributed by atoms with E-state index in [2.05, 4.69) is 4.74 Å². The standard InChI is InChI=1S/C13H11F7O2/c14-9-5-6(1-2-10(9)22-13(18,19)20)11(21)7-3-8(4-7)12(15,16)17/h1-2,5,7-8,11,21H,3-4H2. The Balaban J connectivity index is 2.03. The number of hydrogen-bond acceptors (Lipinski definition) is 2. The van der Waals surface area contributed by atoms with E-state index < -0.39 is 42.0 Å². The third kappa shape index (κ3) is 3.82. The van der Waals surface area contributed by atoms with E-state index in [0.29, 0.717) is 12.1 Å². The zero-order valence-corrected chi connectivity index (χ0v) is 10.9. The summed E-state index contributed by atoms with van der Waals surface area (Å²) in [5.74, 6) is -4.63. The fourth-order valence-corrected chi connectivity index (χ4v) is 2.37. The molecule has 2 rings (SSSR count). The Morgan fingerprint density at radius 3 is 2.14 bits per heavy atom. The molecule has 124 valence electrons. The van der Waals surface area contributed by atoms with E-state index in [-0.39, 0.29) is 18.4 Å². The Morgan fingerprint density at radius 2 is 1.68 bits per heavy atom. The van der Waals surface area contributed by atoms with Gasteiger partial charge in [-0.25, -0.2) is 4.39 Å². The van der Waals surface area contributed by atoms with Crippen molar-refractivity contribution in [2.45, 2.75) is 31.5 Å². The van der Waals surface area contributed by atoms with Crippen LogP contribution in [0, 0.1) is 17.7 Å². The predicted octanol–water partition coefficient (Wildman–Crippen LogP) is 4.35. The van der Waals surface area contributed by atoms with Crippen molar-refractivity contribution >= 4 is 0 Å². The molecule has 1 unspecified atom stereocenters. The lowest BCUT2D eigenvalue weighted by Gasteiger charge is -2.39. The van der Waals surface area contributed by atoms with E-state index in [1.807, 2.05) is 0 Å². The summed E-state index contributed by atoms with van der Waals surface area (Å²) in [5, 5.41) is 9.87. The Hall–Kier alpha value is -1.51. The Morgan fingerprint density at radius 1 is 1.09 bits per heavy atom. The second-order valence-corrected chi connectivity index (χ2v) is 5.15. The molecule has 1 atom stereocenters. The molecular formula is C13H11F7O2. The highest BCUT2D eigenvalue weighted by atomic mass is 19.4. The summed E-state index contributed by atoms with van der Waals surface area (Å²) in [6.07, 6.45) is -11.4. The van der Waals surface area contributed by atoms with Gasteiger partial charge in [-0.15, -0.1) is 13.2 Å².